The molecule has 0 aliphatic carbocycles. The van der Waals surface area contributed by atoms with E-state index >= 15 is 0 Å². The fraction of sp³-hybridized carbons (Fsp3) is 0.708. The molecule has 2 fully saturated rings. The number of esters is 1. The first kappa shape index (κ1) is 23.4. The zero-order chi connectivity index (χ0) is 23.3. The predicted molar refractivity (Wildman–Crippen MR) is 123 cm³/mol. The summed E-state index contributed by atoms with van der Waals surface area (Å²) in [6, 6.07) is -0.665. The Morgan fingerprint density at radius 1 is 1.09 bits per heavy atom. The van der Waals surface area contributed by atoms with Gasteiger partial charge in [-0.15, -0.1) is 11.8 Å². The molecule has 1 N–H and O–H groups in total. The van der Waals surface area contributed by atoms with Gasteiger partial charge in [0.1, 0.15) is 12.6 Å². The van der Waals surface area contributed by atoms with Crippen molar-refractivity contribution in [3.63, 3.8) is 0 Å². The lowest BCUT2D eigenvalue weighted by atomic mass is 9.75. The van der Waals surface area contributed by atoms with E-state index in [0.29, 0.717) is 25.9 Å². The normalized spacial score (nSPS) is 36.5. The number of likely N-dealkylation sites (tertiary alicyclic amines) is 1. The number of hydrogen-bond donors (Lipinski definition) is 1. The third-order valence-corrected chi connectivity index (χ3v) is 8.98. The van der Waals surface area contributed by atoms with Gasteiger partial charge in [-0.1, -0.05) is 18.2 Å². The van der Waals surface area contributed by atoms with Crippen molar-refractivity contribution in [2.45, 2.75) is 68.0 Å². The van der Waals surface area contributed by atoms with Crippen LogP contribution in [0.4, 0.5) is 0 Å². The molecule has 2 amide bonds. The molecule has 0 aromatic rings. The van der Waals surface area contributed by atoms with Gasteiger partial charge in [0.15, 0.2) is 0 Å². The standard InChI is InChI=1S/C24H34N2O5S/c1-22(2,3)26-13-8-11-24-16(17-21(30)31-15-9-10-23(17,4)32-24)19(28)25(18(24)20(26)29)12-6-5-7-14-27/h8-11,16-18,27H,5-7,12-15H2,1-4H3/t16-,17+,18?,23-,24-/m0/s1. The molecule has 0 radical (unpaired) electrons. The molecule has 0 aromatic heterocycles. The molecule has 8 heteroatoms. The molecular formula is C24H34N2O5S. The number of ether oxygens (including phenoxy) is 1. The smallest absolute Gasteiger partial charge is 0.311 e. The molecule has 4 rings (SSSR count). The maximum absolute atomic E-state index is 14.0. The van der Waals surface area contributed by atoms with Crippen molar-refractivity contribution in [2.75, 3.05) is 26.3 Å². The molecule has 4 heterocycles. The van der Waals surface area contributed by atoms with Crippen LogP contribution in [-0.2, 0) is 19.1 Å². The average molecular weight is 463 g/mol. The summed E-state index contributed by atoms with van der Waals surface area (Å²) in [4.78, 5) is 44.5. The van der Waals surface area contributed by atoms with Gasteiger partial charge in [-0.25, -0.2) is 0 Å². The van der Waals surface area contributed by atoms with Crippen LogP contribution in [0.5, 0.6) is 0 Å². The number of fused-ring (bicyclic) bond motifs is 2. The van der Waals surface area contributed by atoms with E-state index < -0.39 is 32.9 Å². The van der Waals surface area contributed by atoms with Crippen LogP contribution in [0.25, 0.3) is 0 Å². The van der Waals surface area contributed by atoms with Crippen molar-refractivity contribution in [3.05, 3.63) is 24.3 Å². The van der Waals surface area contributed by atoms with Crippen LogP contribution >= 0.6 is 11.8 Å². The molecule has 7 nitrogen and oxygen atoms in total. The molecule has 1 unspecified atom stereocenters. The van der Waals surface area contributed by atoms with E-state index in [4.69, 9.17) is 9.84 Å². The van der Waals surface area contributed by atoms with Gasteiger partial charge in [0, 0.05) is 30.0 Å². The van der Waals surface area contributed by atoms with Crippen LogP contribution < -0.4 is 0 Å². The highest BCUT2D eigenvalue weighted by molar-refractivity contribution is 8.02. The van der Waals surface area contributed by atoms with Crippen molar-refractivity contribution in [3.8, 4) is 0 Å². The highest BCUT2D eigenvalue weighted by Gasteiger charge is 2.74. The van der Waals surface area contributed by atoms with Crippen LogP contribution in [0.1, 0.15) is 47.0 Å². The number of rotatable bonds is 5. The number of carbonyl (C=O) groups is 3. The predicted octanol–water partition coefficient (Wildman–Crippen LogP) is 2.15. The lowest BCUT2D eigenvalue weighted by Gasteiger charge is -2.41. The maximum atomic E-state index is 14.0. The van der Waals surface area contributed by atoms with E-state index in [0.717, 1.165) is 6.42 Å². The summed E-state index contributed by atoms with van der Waals surface area (Å²) >= 11 is 1.57. The van der Waals surface area contributed by atoms with E-state index in [1.54, 1.807) is 16.7 Å². The maximum Gasteiger partial charge on any atom is 0.311 e. The van der Waals surface area contributed by atoms with Crippen molar-refractivity contribution < 1.29 is 24.2 Å². The van der Waals surface area contributed by atoms with Crippen LogP contribution in [0.2, 0.25) is 0 Å². The average Bonchev–Trinajstić information content (AvgIpc) is 2.95. The number of aliphatic hydroxyl groups is 1. The summed E-state index contributed by atoms with van der Waals surface area (Å²) < 4.78 is 4.01. The molecule has 32 heavy (non-hydrogen) atoms. The third-order valence-electron chi connectivity index (χ3n) is 7.18. The fourth-order valence-electron chi connectivity index (χ4n) is 5.77. The summed E-state index contributed by atoms with van der Waals surface area (Å²) in [5, 5.41) is 9.13. The van der Waals surface area contributed by atoms with E-state index in [9.17, 15) is 14.4 Å². The topological polar surface area (TPSA) is 87.2 Å². The van der Waals surface area contributed by atoms with Gasteiger partial charge < -0.3 is 19.6 Å². The van der Waals surface area contributed by atoms with Gasteiger partial charge in [-0.05, 0) is 53.0 Å². The van der Waals surface area contributed by atoms with Gasteiger partial charge in [0.2, 0.25) is 11.8 Å². The first-order valence-electron chi connectivity index (χ1n) is 11.5. The quantitative estimate of drug-likeness (QED) is 0.383. The molecule has 0 saturated carbocycles. The molecule has 0 aromatic carbocycles. The number of hydrogen-bond acceptors (Lipinski definition) is 6. The minimum Gasteiger partial charge on any atom is -0.461 e. The van der Waals surface area contributed by atoms with Crippen LogP contribution in [0, 0.1) is 11.8 Å². The Hall–Kier alpha value is -1.80. The molecule has 4 aliphatic rings. The van der Waals surface area contributed by atoms with E-state index in [2.05, 4.69) is 0 Å². The first-order chi connectivity index (χ1) is 15.1. The van der Waals surface area contributed by atoms with Crippen molar-refractivity contribution in [2.24, 2.45) is 11.8 Å². The number of nitrogens with zero attached hydrogens (tertiary/aromatic N) is 2. The molecule has 1 spiro atoms. The Bertz CT molecular complexity index is 865. The van der Waals surface area contributed by atoms with Gasteiger partial charge in [-0.3, -0.25) is 14.4 Å². The zero-order valence-corrected chi connectivity index (χ0v) is 20.2. The minimum atomic E-state index is -0.814. The number of cyclic esters (lactones) is 1. The second kappa shape index (κ2) is 8.20. The minimum absolute atomic E-state index is 0.0644. The molecule has 176 valence electrons. The van der Waals surface area contributed by atoms with Gasteiger partial charge in [-0.2, -0.15) is 0 Å². The van der Waals surface area contributed by atoms with Crippen molar-refractivity contribution in [1.82, 2.24) is 9.80 Å². The summed E-state index contributed by atoms with van der Waals surface area (Å²) in [6.07, 6.45) is 10.00. The lowest BCUT2D eigenvalue weighted by Crippen LogP contribution is -2.57. The number of carbonyl (C=O) groups excluding carboxylic acids is 3. The van der Waals surface area contributed by atoms with Gasteiger partial charge >= 0.3 is 5.97 Å². The Balaban J connectivity index is 1.80. The molecular weight excluding hydrogens is 428 g/mol. The number of unbranched alkanes of at least 4 members (excludes halogenated alkanes) is 2. The van der Waals surface area contributed by atoms with Crippen LogP contribution in [-0.4, -0.2) is 80.1 Å². The van der Waals surface area contributed by atoms with Gasteiger partial charge in [0.25, 0.3) is 0 Å². The Morgan fingerprint density at radius 3 is 2.53 bits per heavy atom. The van der Waals surface area contributed by atoms with Gasteiger partial charge in [0.05, 0.1) is 16.6 Å². The molecule has 2 saturated heterocycles. The molecule has 5 atom stereocenters. The highest BCUT2D eigenvalue weighted by atomic mass is 32.2. The summed E-state index contributed by atoms with van der Waals surface area (Å²) in [5.41, 5.74) is -0.396. The van der Waals surface area contributed by atoms with Crippen LogP contribution in [0.3, 0.4) is 0 Å². The van der Waals surface area contributed by atoms with Crippen molar-refractivity contribution in [1.29, 1.82) is 0 Å². The first-order valence-corrected chi connectivity index (χ1v) is 12.3. The monoisotopic (exact) mass is 462 g/mol. The third kappa shape index (κ3) is 3.50. The Morgan fingerprint density at radius 2 is 1.84 bits per heavy atom. The molecule has 0 bridgehead atoms. The van der Waals surface area contributed by atoms with Crippen LogP contribution in [0.15, 0.2) is 24.3 Å². The van der Waals surface area contributed by atoms with E-state index in [1.807, 2.05) is 56.9 Å². The largest absolute Gasteiger partial charge is 0.461 e. The zero-order valence-electron chi connectivity index (χ0n) is 19.4. The Kier molecular flexibility index (Phi) is 5.99. The molecule has 4 aliphatic heterocycles. The highest BCUT2D eigenvalue weighted by Crippen LogP contribution is 2.65. The number of amides is 2. The van der Waals surface area contributed by atoms with E-state index in [1.165, 1.54) is 0 Å². The number of aliphatic hydroxyl groups excluding tert-OH is 1. The second-order valence-electron chi connectivity index (χ2n) is 10.4. The summed E-state index contributed by atoms with van der Waals surface area (Å²) in [5.74, 6) is -1.84. The lowest BCUT2D eigenvalue weighted by molar-refractivity contribution is -0.152. The summed E-state index contributed by atoms with van der Waals surface area (Å²) in [7, 11) is 0. The summed E-state index contributed by atoms with van der Waals surface area (Å²) in [6.45, 7) is 9.23. The fourth-order valence-corrected chi connectivity index (χ4v) is 7.92. The second-order valence-corrected chi connectivity index (χ2v) is 12.2. The Labute approximate surface area is 194 Å². The number of thioether (sulfide) groups is 1. The van der Waals surface area contributed by atoms with Crippen molar-refractivity contribution >= 4 is 29.5 Å². The van der Waals surface area contributed by atoms with E-state index in [-0.39, 0.29) is 31.0 Å². The SMILES string of the molecule is CC(C)(C)N1CC=C[C@]23S[C@@]4(C)C=CCOC(=O)[C@H]4[C@H]2C(=O)N(CCCCCO)C3C1=O.